The minimum atomic E-state index is -0.955. The number of thioether (sulfide) groups is 1. The Kier molecular flexibility index (Phi) is 6.66. The smallest absolute Gasteiger partial charge is 0.234 e. The van der Waals surface area contributed by atoms with Crippen LogP contribution < -0.4 is 5.32 Å². The van der Waals surface area contributed by atoms with E-state index in [0.717, 1.165) is 5.69 Å². The first-order valence-electron chi connectivity index (χ1n) is 9.54. The van der Waals surface area contributed by atoms with Crippen LogP contribution in [0.25, 0.3) is 5.69 Å². The van der Waals surface area contributed by atoms with Gasteiger partial charge in [0.05, 0.1) is 5.75 Å². The first kappa shape index (κ1) is 21.1. The zero-order chi connectivity index (χ0) is 21.6. The Morgan fingerprint density at radius 1 is 1.00 bits per heavy atom. The number of anilines is 1. The summed E-state index contributed by atoms with van der Waals surface area (Å²) in [6.07, 6.45) is -0.955. The standard InChI is InChI=1S/C23H19ClN4O2S/c24-17-10-7-11-18(14-17)25-20(29)15-31-23-27-26-22(21(30)16-8-3-1-4-9-16)28(23)19-12-5-2-6-13-19/h1-14,21,30H,15H2,(H,25,29). The predicted molar refractivity (Wildman–Crippen MR) is 123 cm³/mol. The van der Waals surface area contributed by atoms with E-state index >= 15 is 0 Å². The van der Waals surface area contributed by atoms with Gasteiger partial charge in [0.15, 0.2) is 11.0 Å². The molecule has 156 valence electrons. The van der Waals surface area contributed by atoms with Crippen molar-refractivity contribution in [1.82, 2.24) is 14.8 Å². The van der Waals surface area contributed by atoms with Crippen LogP contribution in [0.3, 0.4) is 0 Å². The summed E-state index contributed by atoms with van der Waals surface area (Å²) in [5.74, 6) is 0.314. The molecule has 3 aromatic carbocycles. The third-order valence-electron chi connectivity index (χ3n) is 4.47. The maximum atomic E-state index is 12.4. The van der Waals surface area contributed by atoms with Gasteiger partial charge in [0.1, 0.15) is 6.10 Å². The van der Waals surface area contributed by atoms with Crippen molar-refractivity contribution in [3.05, 3.63) is 101 Å². The number of hydrogen-bond donors (Lipinski definition) is 2. The fraction of sp³-hybridized carbons (Fsp3) is 0.0870. The quantitative estimate of drug-likeness (QED) is 0.398. The van der Waals surface area contributed by atoms with Gasteiger partial charge in [-0.15, -0.1) is 10.2 Å². The van der Waals surface area contributed by atoms with E-state index < -0.39 is 6.10 Å². The van der Waals surface area contributed by atoms with Crippen molar-refractivity contribution in [2.75, 3.05) is 11.1 Å². The van der Waals surface area contributed by atoms with Crippen molar-refractivity contribution in [3.63, 3.8) is 0 Å². The molecular formula is C23H19ClN4O2S. The fourth-order valence-electron chi connectivity index (χ4n) is 3.05. The highest BCUT2D eigenvalue weighted by molar-refractivity contribution is 7.99. The molecule has 0 aliphatic heterocycles. The van der Waals surface area contributed by atoms with Gasteiger partial charge in [0, 0.05) is 16.4 Å². The van der Waals surface area contributed by atoms with Gasteiger partial charge < -0.3 is 10.4 Å². The first-order chi connectivity index (χ1) is 15.1. The van der Waals surface area contributed by atoms with Crippen LogP contribution in [0.15, 0.2) is 90.1 Å². The van der Waals surface area contributed by atoms with Gasteiger partial charge in [0.2, 0.25) is 5.91 Å². The largest absolute Gasteiger partial charge is 0.380 e. The maximum Gasteiger partial charge on any atom is 0.234 e. The monoisotopic (exact) mass is 450 g/mol. The van der Waals surface area contributed by atoms with Crippen molar-refractivity contribution >= 4 is 35.0 Å². The summed E-state index contributed by atoms with van der Waals surface area (Å²) in [7, 11) is 0. The van der Waals surface area contributed by atoms with Crippen molar-refractivity contribution in [2.45, 2.75) is 11.3 Å². The normalized spacial score (nSPS) is 11.8. The van der Waals surface area contributed by atoms with E-state index in [1.165, 1.54) is 11.8 Å². The number of hydrogen-bond acceptors (Lipinski definition) is 5. The van der Waals surface area contributed by atoms with Gasteiger partial charge in [-0.25, -0.2) is 0 Å². The highest BCUT2D eigenvalue weighted by Crippen LogP contribution is 2.28. The summed E-state index contributed by atoms with van der Waals surface area (Å²) >= 11 is 7.21. The lowest BCUT2D eigenvalue weighted by atomic mass is 10.1. The van der Waals surface area contributed by atoms with E-state index in [9.17, 15) is 9.90 Å². The summed E-state index contributed by atoms with van der Waals surface area (Å²) in [5.41, 5.74) is 2.14. The molecule has 0 aliphatic carbocycles. The number of rotatable bonds is 7. The fourth-order valence-corrected chi connectivity index (χ4v) is 4.00. The second-order valence-electron chi connectivity index (χ2n) is 6.67. The Morgan fingerprint density at radius 3 is 2.42 bits per heavy atom. The number of aliphatic hydroxyl groups is 1. The van der Waals surface area contributed by atoms with Gasteiger partial charge in [-0.2, -0.15) is 0 Å². The van der Waals surface area contributed by atoms with Crippen LogP contribution in [0.1, 0.15) is 17.5 Å². The highest BCUT2D eigenvalue weighted by Gasteiger charge is 2.22. The summed E-state index contributed by atoms with van der Waals surface area (Å²) < 4.78 is 1.77. The molecule has 0 saturated heterocycles. The summed E-state index contributed by atoms with van der Waals surface area (Å²) in [6.45, 7) is 0. The molecule has 0 fully saturated rings. The van der Waals surface area contributed by atoms with E-state index in [-0.39, 0.29) is 11.7 Å². The van der Waals surface area contributed by atoms with Crippen LogP contribution in [-0.2, 0) is 4.79 Å². The molecule has 31 heavy (non-hydrogen) atoms. The molecule has 1 atom stereocenters. The van der Waals surface area contributed by atoms with Crippen LogP contribution in [0, 0.1) is 0 Å². The van der Waals surface area contributed by atoms with Crippen molar-refractivity contribution < 1.29 is 9.90 Å². The average Bonchev–Trinajstić information content (AvgIpc) is 3.22. The van der Waals surface area contributed by atoms with Crippen molar-refractivity contribution in [2.24, 2.45) is 0 Å². The van der Waals surface area contributed by atoms with Gasteiger partial charge in [0.25, 0.3) is 0 Å². The number of nitrogens with one attached hydrogen (secondary N) is 1. The number of nitrogens with zero attached hydrogens (tertiary/aromatic N) is 3. The maximum absolute atomic E-state index is 12.4. The number of carbonyl (C=O) groups is 1. The van der Waals surface area contributed by atoms with Crippen LogP contribution >= 0.6 is 23.4 Å². The van der Waals surface area contributed by atoms with Crippen molar-refractivity contribution in [1.29, 1.82) is 0 Å². The van der Waals surface area contributed by atoms with Crippen LogP contribution in [0.4, 0.5) is 5.69 Å². The Morgan fingerprint density at radius 2 is 1.71 bits per heavy atom. The third kappa shape index (κ3) is 5.14. The van der Waals surface area contributed by atoms with E-state index in [0.29, 0.717) is 27.3 Å². The predicted octanol–water partition coefficient (Wildman–Crippen LogP) is 4.73. The zero-order valence-corrected chi connectivity index (χ0v) is 17.9. The summed E-state index contributed by atoms with van der Waals surface area (Å²) in [5, 5.41) is 23.3. The third-order valence-corrected chi connectivity index (χ3v) is 5.64. The zero-order valence-electron chi connectivity index (χ0n) is 16.4. The molecule has 8 heteroatoms. The lowest BCUT2D eigenvalue weighted by molar-refractivity contribution is -0.113. The van der Waals surface area contributed by atoms with E-state index in [2.05, 4.69) is 15.5 Å². The molecule has 0 aliphatic rings. The molecule has 1 aromatic heterocycles. The molecule has 2 N–H and O–H groups in total. The molecular weight excluding hydrogens is 432 g/mol. The first-order valence-corrected chi connectivity index (χ1v) is 10.9. The minimum absolute atomic E-state index is 0.124. The number of aliphatic hydroxyl groups excluding tert-OH is 1. The number of aromatic nitrogens is 3. The summed E-state index contributed by atoms with van der Waals surface area (Å²) in [4.78, 5) is 12.4. The van der Waals surface area contributed by atoms with Crippen LogP contribution in [0.2, 0.25) is 5.02 Å². The van der Waals surface area contributed by atoms with Gasteiger partial charge in [-0.3, -0.25) is 9.36 Å². The number of carbonyl (C=O) groups excluding carboxylic acids is 1. The molecule has 0 radical (unpaired) electrons. The topological polar surface area (TPSA) is 80.0 Å². The molecule has 4 aromatic rings. The van der Waals surface area contributed by atoms with E-state index in [1.807, 2.05) is 60.7 Å². The Bertz CT molecular complexity index is 1170. The molecule has 0 saturated carbocycles. The molecule has 4 rings (SSSR count). The lowest BCUT2D eigenvalue weighted by Gasteiger charge is -2.14. The van der Waals surface area contributed by atoms with Crippen LogP contribution in [0.5, 0.6) is 0 Å². The minimum Gasteiger partial charge on any atom is -0.380 e. The Balaban J connectivity index is 1.57. The molecule has 6 nitrogen and oxygen atoms in total. The SMILES string of the molecule is O=C(CSc1nnc(C(O)c2ccccc2)n1-c1ccccc1)Nc1cccc(Cl)c1. The van der Waals surface area contributed by atoms with Gasteiger partial charge in [-0.05, 0) is 35.9 Å². The lowest BCUT2D eigenvalue weighted by Crippen LogP contribution is -2.15. The molecule has 1 unspecified atom stereocenters. The number of halogens is 1. The number of benzene rings is 3. The number of amides is 1. The van der Waals surface area contributed by atoms with Gasteiger partial charge >= 0.3 is 0 Å². The highest BCUT2D eigenvalue weighted by atomic mass is 35.5. The second kappa shape index (κ2) is 9.78. The van der Waals surface area contributed by atoms with Crippen LogP contribution in [-0.4, -0.2) is 31.5 Å². The molecule has 0 bridgehead atoms. The van der Waals surface area contributed by atoms with Crippen molar-refractivity contribution in [3.8, 4) is 5.69 Å². The van der Waals surface area contributed by atoms with E-state index in [1.54, 1.807) is 28.8 Å². The van der Waals surface area contributed by atoms with E-state index in [4.69, 9.17) is 11.6 Å². The Hall–Kier alpha value is -3.13. The second-order valence-corrected chi connectivity index (χ2v) is 8.05. The summed E-state index contributed by atoms with van der Waals surface area (Å²) in [6, 6.07) is 25.8. The molecule has 1 amide bonds. The average molecular weight is 451 g/mol. The molecule has 1 heterocycles. The number of para-hydroxylation sites is 1. The molecule has 0 spiro atoms. The van der Waals surface area contributed by atoms with Gasteiger partial charge in [-0.1, -0.05) is 78.0 Å². The Labute approximate surface area is 188 Å².